The maximum Gasteiger partial charge on any atom is 0.226 e. The molecule has 2 heterocycles. The highest BCUT2D eigenvalue weighted by Crippen LogP contribution is 2.24. The Bertz CT molecular complexity index is 702. The van der Waals surface area contributed by atoms with Crippen LogP contribution in [0.25, 0.3) is 10.9 Å². The highest BCUT2D eigenvalue weighted by molar-refractivity contribution is 5.82. The highest BCUT2D eigenvalue weighted by atomic mass is 16.5. The minimum absolute atomic E-state index is 0.428. The van der Waals surface area contributed by atoms with E-state index in [9.17, 15) is 0 Å². The molecule has 3 rings (SSSR count). The second kappa shape index (κ2) is 4.78. The molecule has 0 fully saturated rings. The molecule has 3 aromatic rings. The van der Waals surface area contributed by atoms with Crippen LogP contribution in [-0.2, 0) is 6.42 Å². The summed E-state index contributed by atoms with van der Waals surface area (Å²) >= 11 is 0. The zero-order chi connectivity index (χ0) is 13.2. The third-order valence-electron chi connectivity index (χ3n) is 3.06. The van der Waals surface area contributed by atoms with Gasteiger partial charge in [-0.15, -0.1) is 0 Å². The summed E-state index contributed by atoms with van der Waals surface area (Å²) in [5.41, 5.74) is 8.00. The quantitative estimate of drug-likeness (QED) is 0.775. The first-order chi connectivity index (χ1) is 9.29. The average molecular weight is 254 g/mol. The van der Waals surface area contributed by atoms with Gasteiger partial charge < -0.3 is 10.3 Å². The maximum absolute atomic E-state index is 6.23. The van der Waals surface area contributed by atoms with Gasteiger partial charge in [-0.1, -0.05) is 36.3 Å². The summed E-state index contributed by atoms with van der Waals surface area (Å²) < 4.78 is 5.11. The predicted octanol–water partition coefficient (Wildman–Crippen LogP) is 2.23. The number of nitrogens with two attached hydrogens (primary N) is 1. The summed E-state index contributed by atoms with van der Waals surface area (Å²) in [4.78, 5) is 8.67. The molecule has 5 nitrogen and oxygen atoms in total. The van der Waals surface area contributed by atoms with Gasteiger partial charge >= 0.3 is 0 Å². The summed E-state index contributed by atoms with van der Waals surface area (Å²) in [5.74, 6) is 1.09. The molecule has 1 unspecified atom stereocenters. The van der Waals surface area contributed by atoms with Crippen LogP contribution in [0.15, 0.2) is 41.1 Å². The summed E-state index contributed by atoms with van der Waals surface area (Å²) in [6.45, 7) is 1.96. The number of nitrogens with zero attached hydrogens (tertiary/aromatic N) is 3. The Balaban J connectivity index is 2.08. The van der Waals surface area contributed by atoms with Crippen LogP contribution in [-0.4, -0.2) is 15.1 Å². The highest BCUT2D eigenvalue weighted by Gasteiger charge is 2.18. The van der Waals surface area contributed by atoms with Crippen molar-refractivity contribution < 1.29 is 4.52 Å². The lowest BCUT2D eigenvalue weighted by Crippen LogP contribution is -2.14. The number of hydrogen-bond donors (Lipinski definition) is 1. The van der Waals surface area contributed by atoms with Crippen molar-refractivity contribution in [2.24, 2.45) is 5.73 Å². The Morgan fingerprint density at radius 3 is 2.89 bits per heavy atom. The van der Waals surface area contributed by atoms with E-state index in [-0.39, 0.29) is 0 Å². The van der Waals surface area contributed by atoms with Crippen molar-refractivity contribution in [3.05, 3.63) is 53.8 Å². The van der Waals surface area contributed by atoms with Gasteiger partial charge in [-0.2, -0.15) is 4.98 Å². The first-order valence-corrected chi connectivity index (χ1v) is 6.21. The molecule has 0 spiro atoms. The monoisotopic (exact) mass is 254 g/mol. The van der Waals surface area contributed by atoms with Gasteiger partial charge in [-0.05, 0) is 6.07 Å². The summed E-state index contributed by atoms with van der Waals surface area (Å²) in [6, 6.07) is 9.39. The van der Waals surface area contributed by atoms with Gasteiger partial charge in [0.15, 0.2) is 5.82 Å². The minimum atomic E-state index is -0.428. The molecular weight excluding hydrogens is 240 g/mol. The first-order valence-electron chi connectivity index (χ1n) is 6.21. The summed E-state index contributed by atoms with van der Waals surface area (Å²) in [6.07, 6.45) is 2.46. The molecule has 1 aromatic carbocycles. The smallest absolute Gasteiger partial charge is 0.226 e. The van der Waals surface area contributed by atoms with E-state index in [1.54, 1.807) is 6.20 Å². The van der Waals surface area contributed by atoms with Gasteiger partial charge in [0.2, 0.25) is 5.89 Å². The first kappa shape index (κ1) is 11.8. The fourth-order valence-corrected chi connectivity index (χ4v) is 2.06. The molecule has 0 saturated carbocycles. The lowest BCUT2D eigenvalue weighted by atomic mass is 10.0. The fraction of sp³-hybridized carbons (Fsp3) is 0.214. The maximum atomic E-state index is 6.23. The third kappa shape index (κ3) is 2.08. The van der Waals surface area contributed by atoms with Crippen LogP contribution in [0.3, 0.4) is 0 Å². The van der Waals surface area contributed by atoms with E-state index in [2.05, 4.69) is 15.1 Å². The molecule has 1 atom stereocenters. The van der Waals surface area contributed by atoms with Crippen LogP contribution in [0.2, 0.25) is 0 Å². The zero-order valence-electron chi connectivity index (χ0n) is 10.6. The molecule has 5 heteroatoms. The van der Waals surface area contributed by atoms with Gasteiger partial charge in [0, 0.05) is 23.6 Å². The van der Waals surface area contributed by atoms with Crippen molar-refractivity contribution in [1.29, 1.82) is 0 Å². The number of aryl methyl sites for hydroxylation is 1. The topological polar surface area (TPSA) is 77.8 Å². The number of hydrogen-bond acceptors (Lipinski definition) is 5. The number of benzene rings is 1. The van der Waals surface area contributed by atoms with E-state index in [4.69, 9.17) is 10.3 Å². The largest absolute Gasteiger partial charge is 0.339 e. The third-order valence-corrected chi connectivity index (χ3v) is 3.06. The van der Waals surface area contributed by atoms with Gasteiger partial charge in [0.05, 0.1) is 11.6 Å². The molecule has 0 aliphatic rings. The Kier molecular flexibility index (Phi) is 2.97. The Labute approximate surface area is 110 Å². The molecule has 0 saturated heterocycles. The molecule has 19 heavy (non-hydrogen) atoms. The van der Waals surface area contributed by atoms with E-state index in [1.807, 2.05) is 37.3 Å². The standard InChI is InChI=1S/C14H14N4O/c1-2-11-17-14(18-19-11)12(15)10-7-3-5-9-6-4-8-16-13(9)10/h3-8,12H,2,15H2,1H3. The molecule has 0 radical (unpaired) electrons. The van der Waals surface area contributed by atoms with Crippen molar-refractivity contribution in [3.8, 4) is 0 Å². The Hall–Kier alpha value is -2.27. The second-order valence-electron chi connectivity index (χ2n) is 4.30. The van der Waals surface area contributed by atoms with E-state index < -0.39 is 6.04 Å². The Morgan fingerprint density at radius 2 is 2.11 bits per heavy atom. The summed E-state index contributed by atoms with van der Waals surface area (Å²) in [5, 5.41) is 4.98. The molecule has 0 amide bonds. The van der Waals surface area contributed by atoms with Gasteiger partial charge in [-0.3, -0.25) is 4.98 Å². The average Bonchev–Trinajstić information content (AvgIpc) is 2.95. The lowest BCUT2D eigenvalue weighted by Gasteiger charge is -2.10. The fourth-order valence-electron chi connectivity index (χ4n) is 2.06. The van der Waals surface area contributed by atoms with Gasteiger partial charge in [-0.25, -0.2) is 0 Å². The molecule has 0 aliphatic heterocycles. The van der Waals surface area contributed by atoms with Gasteiger partial charge in [0.1, 0.15) is 0 Å². The van der Waals surface area contributed by atoms with Crippen molar-refractivity contribution in [1.82, 2.24) is 15.1 Å². The molecule has 0 aliphatic carbocycles. The minimum Gasteiger partial charge on any atom is -0.339 e. The molecule has 2 aromatic heterocycles. The van der Waals surface area contributed by atoms with Crippen LogP contribution in [0.1, 0.15) is 30.2 Å². The lowest BCUT2D eigenvalue weighted by molar-refractivity contribution is 0.375. The molecular formula is C14H14N4O. The van der Waals surface area contributed by atoms with E-state index in [0.29, 0.717) is 18.1 Å². The second-order valence-corrected chi connectivity index (χ2v) is 4.30. The number of fused-ring (bicyclic) bond motifs is 1. The molecule has 96 valence electrons. The van der Waals surface area contributed by atoms with E-state index in [0.717, 1.165) is 16.5 Å². The number of aromatic nitrogens is 3. The van der Waals surface area contributed by atoms with Crippen molar-refractivity contribution >= 4 is 10.9 Å². The van der Waals surface area contributed by atoms with Crippen LogP contribution >= 0.6 is 0 Å². The predicted molar refractivity (Wildman–Crippen MR) is 71.4 cm³/mol. The van der Waals surface area contributed by atoms with Crippen LogP contribution in [0.5, 0.6) is 0 Å². The van der Waals surface area contributed by atoms with Crippen LogP contribution < -0.4 is 5.73 Å². The van der Waals surface area contributed by atoms with Gasteiger partial charge in [0.25, 0.3) is 0 Å². The zero-order valence-corrected chi connectivity index (χ0v) is 10.6. The van der Waals surface area contributed by atoms with E-state index in [1.165, 1.54) is 0 Å². The number of para-hydroxylation sites is 1. The van der Waals surface area contributed by atoms with Crippen molar-refractivity contribution in [3.63, 3.8) is 0 Å². The summed E-state index contributed by atoms with van der Waals surface area (Å²) in [7, 11) is 0. The normalized spacial score (nSPS) is 12.7. The van der Waals surface area contributed by atoms with Crippen LogP contribution in [0.4, 0.5) is 0 Å². The van der Waals surface area contributed by atoms with E-state index >= 15 is 0 Å². The number of rotatable bonds is 3. The van der Waals surface area contributed by atoms with Crippen molar-refractivity contribution in [2.45, 2.75) is 19.4 Å². The molecule has 2 N–H and O–H groups in total. The number of pyridine rings is 1. The molecule has 0 bridgehead atoms. The van der Waals surface area contributed by atoms with Crippen LogP contribution in [0, 0.1) is 0 Å². The SMILES string of the molecule is CCc1nc(C(N)c2cccc3cccnc23)no1. The van der Waals surface area contributed by atoms with Crippen molar-refractivity contribution in [2.75, 3.05) is 0 Å². The Morgan fingerprint density at radius 1 is 1.26 bits per heavy atom.